The number of aromatic amines is 1. The highest BCUT2D eigenvalue weighted by Gasteiger charge is 2.29. The standard InChI is InChI=1S/C27H32N6O7/c1-14(24(36)33-22(27(39)40)10-15-6-8-17(34)9-7-15)31-26(38)21(12-23(29)35)32-25(37)19(28)11-16-13-30-20-5-3-2-4-18(16)20/h2-9,13-14,19,21-22,30,34H,10-12,28H2,1H3,(H2,29,35)(H,31,38)(H,32,37)(H,33,36)(H,39,40). The van der Waals surface area contributed by atoms with Crippen molar-refractivity contribution in [2.24, 2.45) is 11.5 Å². The summed E-state index contributed by atoms with van der Waals surface area (Å²) in [5.41, 5.74) is 13.6. The van der Waals surface area contributed by atoms with Crippen LogP contribution in [-0.2, 0) is 36.8 Å². The first-order chi connectivity index (χ1) is 18.9. The van der Waals surface area contributed by atoms with Gasteiger partial charge in [-0.25, -0.2) is 4.79 Å². The van der Waals surface area contributed by atoms with Gasteiger partial charge in [-0.15, -0.1) is 0 Å². The molecular formula is C27H32N6O7. The van der Waals surface area contributed by atoms with Gasteiger partial charge in [0.25, 0.3) is 0 Å². The van der Waals surface area contributed by atoms with Gasteiger partial charge in [-0.2, -0.15) is 0 Å². The molecule has 13 nitrogen and oxygen atoms in total. The average Bonchev–Trinajstić information content (AvgIpc) is 3.31. The number of aromatic hydroxyl groups is 1. The Labute approximate surface area is 229 Å². The molecular weight excluding hydrogens is 520 g/mol. The number of hydrogen-bond donors (Lipinski definition) is 8. The number of benzene rings is 2. The van der Waals surface area contributed by atoms with E-state index in [1.54, 1.807) is 6.20 Å². The van der Waals surface area contributed by atoms with E-state index in [9.17, 15) is 34.2 Å². The highest BCUT2D eigenvalue weighted by atomic mass is 16.4. The van der Waals surface area contributed by atoms with Crippen LogP contribution in [0.15, 0.2) is 54.7 Å². The largest absolute Gasteiger partial charge is 0.508 e. The van der Waals surface area contributed by atoms with Crippen LogP contribution in [0.3, 0.4) is 0 Å². The highest BCUT2D eigenvalue weighted by Crippen LogP contribution is 2.19. The van der Waals surface area contributed by atoms with E-state index < -0.39 is 60.2 Å². The monoisotopic (exact) mass is 552 g/mol. The second-order valence-electron chi connectivity index (χ2n) is 9.40. The molecule has 0 saturated heterocycles. The van der Waals surface area contributed by atoms with Crippen LogP contribution in [0.2, 0.25) is 0 Å². The zero-order valence-electron chi connectivity index (χ0n) is 21.7. The normalized spacial score (nSPS) is 13.9. The molecule has 3 aromatic rings. The van der Waals surface area contributed by atoms with E-state index in [0.29, 0.717) is 5.56 Å². The second kappa shape index (κ2) is 13.2. The molecule has 3 rings (SSSR count). The molecule has 10 N–H and O–H groups in total. The lowest BCUT2D eigenvalue weighted by molar-refractivity contribution is -0.142. The van der Waals surface area contributed by atoms with Gasteiger partial charge in [0.15, 0.2) is 0 Å². The van der Waals surface area contributed by atoms with Crippen LogP contribution in [0.5, 0.6) is 5.75 Å². The van der Waals surface area contributed by atoms with Crippen LogP contribution in [0.1, 0.15) is 24.5 Å². The zero-order valence-corrected chi connectivity index (χ0v) is 21.7. The molecule has 0 bridgehead atoms. The van der Waals surface area contributed by atoms with Gasteiger partial charge in [-0.1, -0.05) is 30.3 Å². The number of phenols is 1. The number of phenolic OH excluding ortho intramolecular Hbond substituents is 1. The Balaban J connectivity index is 1.60. The number of para-hydroxylation sites is 1. The lowest BCUT2D eigenvalue weighted by Crippen LogP contribution is -2.57. The number of hydrogen-bond acceptors (Lipinski definition) is 7. The molecule has 212 valence electrons. The summed E-state index contributed by atoms with van der Waals surface area (Å²) in [5, 5.41) is 26.9. The van der Waals surface area contributed by atoms with Crippen molar-refractivity contribution in [2.45, 2.75) is 50.4 Å². The SMILES string of the molecule is CC(NC(=O)C(CC(N)=O)NC(=O)C(N)Cc1c[nH]c2ccccc12)C(=O)NC(Cc1ccc(O)cc1)C(=O)O. The quantitative estimate of drug-likeness (QED) is 0.136. The Bertz CT molecular complexity index is 1390. The minimum absolute atomic E-state index is 0.00697. The van der Waals surface area contributed by atoms with E-state index in [1.165, 1.54) is 31.2 Å². The van der Waals surface area contributed by atoms with Gasteiger partial charge in [0, 0.05) is 23.5 Å². The Morgan fingerprint density at radius 3 is 2.17 bits per heavy atom. The van der Waals surface area contributed by atoms with Crippen molar-refractivity contribution in [1.29, 1.82) is 0 Å². The van der Waals surface area contributed by atoms with E-state index in [0.717, 1.165) is 16.5 Å². The van der Waals surface area contributed by atoms with Gasteiger partial charge in [0.05, 0.1) is 12.5 Å². The van der Waals surface area contributed by atoms with Crippen LogP contribution < -0.4 is 27.4 Å². The number of H-pyrrole nitrogens is 1. The van der Waals surface area contributed by atoms with Crippen LogP contribution in [0.4, 0.5) is 0 Å². The predicted molar refractivity (Wildman–Crippen MR) is 145 cm³/mol. The van der Waals surface area contributed by atoms with Gasteiger partial charge in [0.2, 0.25) is 23.6 Å². The number of fused-ring (bicyclic) bond motifs is 1. The van der Waals surface area contributed by atoms with Gasteiger partial charge in [0.1, 0.15) is 23.9 Å². The number of nitrogens with one attached hydrogen (secondary N) is 4. The number of carboxylic acid groups (broad SMARTS) is 1. The number of amides is 4. The van der Waals surface area contributed by atoms with Crippen molar-refractivity contribution < 1.29 is 34.2 Å². The molecule has 1 aromatic heterocycles. The number of carbonyl (C=O) groups is 5. The third-order valence-corrected chi connectivity index (χ3v) is 6.23. The summed E-state index contributed by atoms with van der Waals surface area (Å²) in [5.74, 6) is -4.55. The minimum atomic E-state index is -1.42. The van der Waals surface area contributed by atoms with Crippen molar-refractivity contribution in [2.75, 3.05) is 0 Å². The number of rotatable bonds is 13. The maximum atomic E-state index is 12.9. The van der Waals surface area contributed by atoms with Gasteiger partial charge in [-0.3, -0.25) is 19.2 Å². The number of nitrogens with two attached hydrogens (primary N) is 2. The smallest absolute Gasteiger partial charge is 0.326 e. The summed E-state index contributed by atoms with van der Waals surface area (Å²) in [7, 11) is 0. The van der Waals surface area contributed by atoms with Crippen molar-refractivity contribution in [3.8, 4) is 5.75 Å². The van der Waals surface area contributed by atoms with Crippen LogP contribution in [0, 0.1) is 0 Å². The summed E-state index contributed by atoms with van der Waals surface area (Å²) in [6.07, 6.45) is 1.26. The topological polar surface area (TPSA) is 230 Å². The van der Waals surface area contributed by atoms with Crippen LogP contribution >= 0.6 is 0 Å². The Kier molecular flexibility index (Phi) is 9.81. The lowest BCUT2D eigenvalue weighted by Gasteiger charge is -2.23. The fourth-order valence-electron chi connectivity index (χ4n) is 4.06. The zero-order chi connectivity index (χ0) is 29.4. The number of primary amides is 1. The first-order valence-corrected chi connectivity index (χ1v) is 12.4. The summed E-state index contributed by atoms with van der Waals surface area (Å²) in [6, 6.07) is 8.26. The van der Waals surface area contributed by atoms with E-state index in [4.69, 9.17) is 11.5 Å². The molecule has 40 heavy (non-hydrogen) atoms. The maximum absolute atomic E-state index is 12.9. The third kappa shape index (κ3) is 8.04. The molecule has 0 fully saturated rings. The van der Waals surface area contributed by atoms with Crippen LogP contribution in [-0.4, -0.2) is 69.0 Å². The van der Waals surface area contributed by atoms with E-state index in [2.05, 4.69) is 20.9 Å². The molecule has 13 heteroatoms. The molecule has 0 aliphatic rings. The fraction of sp³-hybridized carbons (Fsp3) is 0.296. The highest BCUT2D eigenvalue weighted by molar-refractivity contribution is 5.96. The maximum Gasteiger partial charge on any atom is 0.326 e. The molecule has 0 spiro atoms. The number of aliphatic carboxylic acids is 1. The summed E-state index contributed by atoms with van der Waals surface area (Å²) in [6.45, 7) is 1.32. The average molecular weight is 553 g/mol. The first kappa shape index (κ1) is 29.6. The van der Waals surface area contributed by atoms with E-state index >= 15 is 0 Å². The minimum Gasteiger partial charge on any atom is -0.508 e. The molecule has 0 aliphatic carbocycles. The van der Waals surface area contributed by atoms with Crippen molar-refractivity contribution in [3.05, 3.63) is 65.9 Å². The molecule has 0 aliphatic heterocycles. The van der Waals surface area contributed by atoms with Crippen molar-refractivity contribution in [1.82, 2.24) is 20.9 Å². The molecule has 2 aromatic carbocycles. The predicted octanol–water partition coefficient (Wildman–Crippen LogP) is -0.580. The summed E-state index contributed by atoms with van der Waals surface area (Å²) in [4.78, 5) is 64.7. The van der Waals surface area contributed by atoms with E-state index in [1.807, 2.05) is 24.3 Å². The van der Waals surface area contributed by atoms with E-state index in [-0.39, 0.29) is 18.6 Å². The van der Waals surface area contributed by atoms with Crippen LogP contribution in [0.25, 0.3) is 10.9 Å². The van der Waals surface area contributed by atoms with Crippen molar-refractivity contribution in [3.63, 3.8) is 0 Å². The second-order valence-corrected chi connectivity index (χ2v) is 9.40. The molecule has 4 atom stereocenters. The van der Waals surface area contributed by atoms with Crippen molar-refractivity contribution >= 4 is 40.5 Å². The van der Waals surface area contributed by atoms with Gasteiger partial charge >= 0.3 is 5.97 Å². The number of carboxylic acids is 1. The Morgan fingerprint density at radius 2 is 1.52 bits per heavy atom. The van der Waals surface area contributed by atoms with Gasteiger partial charge in [-0.05, 0) is 42.7 Å². The fourth-order valence-corrected chi connectivity index (χ4v) is 4.06. The molecule has 4 amide bonds. The first-order valence-electron chi connectivity index (χ1n) is 12.4. The number of aromatic nitrogens is 1. The number of carbonyl (C=O) groups excluding carboxylic acids is 4. The summed E-state index contributed by atoms with van der Waals surface area (Å²) >= 11 is 0. The summed E-state index contributed by atoms with van der Waals surface area (Å²) < 4.78 is 0. The van der Waals surface area contributed by atoms with Gasteiger partial charge < -0.3 is 42.6 Å². The third-order valence-electron chi connectivity index (χ3n) is 6.23. The molecule has 1 heterocycles. The molecule has 0 radical (unpaired) electrons. The Morgan fingerprint density at radius 1 is 0.875 bits per heavy atom. The Hall–Kier alpha value is -4.91. The lowest BCUT2D eigenvalue weighted by atomic mass is 10.0. The molecule has 0 saturated carbocycles. The molecule has 4 unspecified atom stereocenters.